The highest BCUT2D eigenvalue weighted by atomic mass is 19.1. The van der Waals surface area contributed by atoms with Crippen LogP contribution in [-0.2, 0) is 0 Å². The van der Waals surface area contributed by atoms with E-state index >= 15 is 0 Å². The van der Waals surface area contributed by atoms with Crippen molar-refractivity contribution in [3.8, 4) is 5.75 Å². The summed E-state index contributed by atoms with van der Waals surface area (Å²) in [4.78, 5) is 16.4. The van der Waals surface area contributed by atoms with Crippen molar-refractivity contribution in [3.63, 3.8) is 0 Å². The molecule has 0 spiro atoms. The number of halogens is 2. The monoisotopic (exact) mass is 366 g/mol. The van der Waals surface area contributed by atoms with Gasteiger partial charge in [0.1, 0.15) is 5.82 Å². The maximum atomic E-state index is 14.3. The molecule has 3 rings (SSSR count). The zero-order valence-corrected chi connectivity index (χ0v) is 15.3. The second kappa shape index (κ2) is 9.31. The molecule has 0 saturated carbocycles. The summed E-state index contributed by atoms with van der Waals surface area (Å²) in [5.41, 5.74) is -0.204. The predicted octanol–water partition coefficient (Wildman–Crippen LogP) is 3.85. The number of benzene rings is 1. The minimum atomic E-state index is -0.715. The molecule has 1 aromatic carbocycles. The molecule has 2 heterocycles. The molecule has 0 radical (unpaired) electrons. The highest BCUT2D eigenvalue weighted by molar-refractivity contribution is 5.94. The summed E-state index contributed by atoms with van der Waals surface area (Å²) in [6.07, 6.45) is 7.42. The molecular weight excluding hydrogens is 338 g/mol. The van der Waals surface area contributed by atoms with Gasteiger partial charge in [0.2, 0.25) is 0 Å². The van der Waals surface area contributed by atoms with Gasteiger partial charge in [-0.05, 0) is 57.7 Å². The Bertz CT molecular complexity index is 612. The van der Waals surface area contributed by atoms with Gasteiger partial charge in [-0.25, -0.2) is 8.78 Å². The highest BCUT2D eigenvalue weighted by Crippen LogP contribution is 2.24. The molecular formula is C20H28F2N2O2. The van der Waals surface area contributed by atoms with Crippen LogP contribution < -0.4 is 4.74 Å². The molecule has 2 fully saturated rings. The fourth-order valence-corrected chi connectivity index (χ4v) is 3.72. The van der Waals surface area contributed by atoms with Crippen LogP contribution in [0.25, 0.3) is 0 Å². The first-order valence-electron chi connectivity index (χ1n) is 9.78. The number of hydrogen-bond acceptors (Lipinski definition) is 3. The van der Waals surface area contributed by atoms with Gasteiger partial charge in [-0.15, -0.1) is 0 Å². The first-order valence-corrected chi connectivity index (χ1v) is 9.78. The molecule has 144 valence electrons. The van der Waals surface area contributed by atoms with E-state index in [-0.39, 0.29) is 11.3 Å². The summed E-state index contributed by atoms with van der Waals surface area (Å²) in [6, 6.07) is 1.99. The molecule has 2 saturated heterocycles. The van der Waals surface area contributed by atoms with Crippen LogP contribution in [0.2, 0.25) is 0 Å². The standard InChI is InChI=1S/C20H28F2N2O2/c21-17-15-19(26-13-7-10-23-8-3-1-4-9-23)18(22)14-16(17)20(25)24-11-5-2-6-12-24/h14-15H,1-13H2. The molecule has 0 aliphatic carbocycles. The maximum absolute atomic E-state index is 14.3. The molecule has 1 amide bonds. The van der Waals surface area contributed by atoms with E-state index in [4.69, 9.17) is 4.74 Å². The average molecular weight is 366 g/mol. The lowest BCUT2D eigenvalue weighted by molar-refractivity contribution is 0.0719. The first-order chi connectivity index (χ1) is 12.6. The third-order valence-electron chi connectivity index (χ3n) is 5.22. The van der Waals surface area contributed by atoms with Crippen molar-refractivity contribution in [2.24, 2.45) is 0 Å². The third-order valence-corrected chi connectivity index (χ3v) is 5.22. The van der Waals surface area contributed by atoms with Crippen molar-refractivity contribution in [1.82, 2.24) is 9.80 Å². The minimum absolute atomic E-state index is 0.115. The molecule has 0 unspecified atom stereocenters. The van der Waals surface area contributed by atoms with Gasteiger partial charge >= 0.3 is 0 Å². The van der Waals surface area contributed by atoms with Gasteiger partial charge in [0.05, 0.1) is 12.2 Å². The molecule has 2 aliphatic rings. The second-order valence-electron chi connectivity index (χ2n) is 7.22. The van der Waals surface area contributed by atoms with E-state index in [0.717, 1.165) is 57.5 Å². The second-order valence-corrected chi connectivity index (χ2v) is 7.22. The summed E-state index contributed by atoms with van der Waals surface area (Å²) >= 11 is 0. The van der Waals surface area contributed by atoms with Gasteiger partial charge in [0.25, 0.3) is 5.91 Å². The van der Waals surface area contributed by atoms with Crippen LogP contribution in [0.3, 0.4) is 0 Å². The van der Waals surface area contributed by atoms with Gasteiger partial charge in [-0.1, -0.05) is 6.42 Å². The third kappa shape index (κ3) is 4.93. The minimum Gasteiger partial charge on any atom is -0.490 e. The van der Waals surface area contributed by atoms with Crippen molar-refractivity contribution >= 4 is 5.91 Å². The Hall–Kier alpha value is -1.69. The topological polar surface area (TPSA) is 32.8 Å². The Morgan fingerprint density at radius 1 is 0.923 bits per heavy atom. The lowest BCUT2D eigenvalue weighted by atomic mass is 10.1. The number of carbonyl (C=O) groups excluding carboxylic acids is 1. The number of carbonyl (C=O) groups is 1. The summed E-state index contributed by atoms with van der Waals surface area (Å²) < 4.78 is 34.0. The van der Waals surface area contributed by atoms with Gasteiger partial charge in [0, 0.05) is 25.7 Å². The number of amides is 1. The number of nitrogens with zero attached hydrogens (tertiary/aromatic N) is 2. The Kier molecular flexibility index (Phi) is 6.83. The van der Waals surface area contributed by atoms with E-state index in [9.17, 15) is 13.6 Å². The normalized spacial score (nSPS) is 18.8. The number of hydrogen-bond donors (Lipinski definition) is 0. The van der Waals surface area contributed by atoms with E-state index < -0.39 is 17.5 Å². The van der Waals surface area contributed by atoms with Gasteiger partial charge in [-0.3, -0.25) is 4.79 Å². The Morgan fingerprint density at radius 2 is 1.58 bits per heavy atom. The van der Waals surface area contributed by atoms with Crippen molar-refractivity contribution in [1.29, 1.82) is 0 Å². The molecule has 6 heteroatoms. The van der Waals surface area contributed by atoms with Crippen LogP contribution in [0.5, 0.6) is 5.75 Å². The summed E-state index contributed by atoms with van der Waals surface area (Å²) in [7, 11) is 0. The van der Waals surface area contributed by atoms with Crippen molar-refractivity contribution in [2.45, 2.75) is 44.9 Å². The molecule has 2 aliphatic heterocycles. The van der Waals surface area contributed by atoms with Crippen LogP contribution in [0, 0.1) is 11.6 Å². The van der Waals surface area contributed by atoms with E-state index in [0.29, 0.717) is 19.7 Å². The van der Waals surface area contributed by atoms with Crippen LogP contribution in [0.4, 0.5) is 8.78 Å². The number of likely N-dealkylation sites (tertiary alicyclic amines) is 2. The maximum Gasteiger partial charge on any atom is 0.256 e. The van der Waals surface area contributed by atoms with Gasteiger partial charge < -0.3 is 14.5 Å². The summed E-state index contributed by atoms with van der Waals surface area (Å²) in [6.45, 7) is 4.68. The number of rotatable bonds is 6. The van der Waals surface area contributed by atoms with Gasteiger partial charge in [-0.2, -0.15) is 0 Å². The fraction of sp³-hybridized carbons (Fsp3) is 0.650. The molecule has 26 heavy (non-hydrogen) atoms. The van der Waals surface area contributed by atoms with Crippen LogP contribution >= 0.6 is 0 Å². The quantitative estimate of drug-likeness (QED) is 0.717. The van der Waals surface area contributed by atoms with Gasteiger partial charge in [0.15, 0.2) is 11.6 Å². The first kappa shape index (κ1) is 19.1. The lowest BCUT2D eigenvalue weighted by Gasteiger charge is -2.27. The van der Waals surface area contributed by atoms with Crippen molar-refractivity contribution < 1.29 is 18.3 Å². The molecule has 0 aromatic heterocycles. The molecule has 4 nitrogen and oxygen atoms in total. The van der Waals surface area contributed by atoms with Crippen LogP contribution in [0.15, 0.2) is 12.1 Å². The van der Waals surface area contributed by atoms with Crippen molar-refractivity contribution in [2.75, 3.05) is 39.3 Å². The fourth-order valence-electron chi connectivity index (χ4n) is 3.72. The van der Waals surface area contributed by atoms with Crippen LogP contribution in [0.1, 0.15) is 55.3 Å². The average Bonchev–Trinajstić information content (AvgIpc) is 2.68. The number of ether oxygens (including phenoxy) is 1. The Balaban J connectivity index is 1.53. The van der Waals surface area contributed by atoms with E-state index in [1.54, 1.807) is 4.90 Å². The zero-order valence-electron chi connectivity index (χ0n) is 15.3. The van der Waals surface area contributed by atoms with E-state index in [2.05, 4.69) is 4.90 Å². The van der Waals surface area contributed by atoms with E-state index in [1.165, 1.54) is 19.3 Å². The Morgan fingerprint density at radius 3 is 2.27 bits per heavy atom. The SMILES string of the molecule is O=C(c1cc(F)c(OCCCN2CCCCC2)cc1F)N1CCCCC1. The molecule has 0 bridgehead atoms. The molecule has 0 atom stereocenters. The molecule has 0 N–H and O–H groups in total. The zero-order chi connectivity index (χ0) is 18.4. The summed E-state index contributed by atoms with van der Waals surface area (Å²) in [5.74, 6) is -1.94. The summed E-state index contributed by atoms with van der Waals surface area (Å²) in [5, 5.41) is 0. The largest absolute Gasteiger partial charge is 0.490 e. The van der Waals surface area contributed by atoms with Crippen molar-refractivity contribution in [3.05, 3.63) is 29.3 Å². The van der Waals surface area contributed by atoms with E-state index in [1.807, 2.05) is 0 Å². The predicted molar refractivity (Wildman–Crippen MR) is 96.5 cm³/mol. The molecule has 1 aromatic rings. The lowest BCUT2D eigenvalue weighted by Crippen LogP contribution is -2.36. The Labute approximate surface area is 154 Å². The number of piperidine rings is 2. The van der Waals surface area contributed by atoms with Crippen LogP contribution in [-0.4, -0.2) is 55.0 Å². The highest BCUT2D eigenvalue weighted by Gasteiger charge is 2.23. The smallest absolute Gasteiger partial charge is 0.256 e.